The molecule has 148 valence electrons. The number of aromatic carboxylic acids is 1. The number of methoxy groups -OCH3 is 1. The third kappa shape index (κ3) is 4.09. The Morgan fingerprint density at radius 1 is 1.24 bits per heavy atom. The van der Waals surface area contributed by atoms with Gasteiger partial charge >= 0.3 is 5.97 Å². The fourth-order valence-corrected chi connectivity index (χ4v) is 4.50. The molecule has 0 amide bonds. The van der Waals surface area contributed by atoms with Gasteiger partial charge in [0.05, 0.1) is 27.5 Å². The molecule has 0 saturated heterocycles. The first kappa shape index (κ1) is 19.4. The van der Waals surface area contributed by atoms with Crippen LogP contribution in [0.2, 0.25) is 0 Å². The lowest BCUT2D eigenvalue weighted by molar-refractivity contribution is 0.0691. The molecule has 0 fully saturated rings. The van der Waals surface area contributed by atoms with E-state index in [2.05, 4.69) is 25.5 Å². The lowest BCUT2D eigenvalue weighted by atomic mass is 10.1. The van der Waals surface area contributed by atoms with E-state index in [1.54, 1.807) is 18.4 Å². The van der Waals surface area contributed by atoms with E-state index in [1.807, 2.05) is 31.2 Å². The molecule has 3 aromatic heterocycles. The first-order chi connectivity index (χ1) is 14.0. The second kappa shape index (κ2) is 8.19. The van der Waals surface area contributed by atoms with Crippen LogP contribution in [0.1, 0.15) is 32.3 Å². The molecule has 3 heterocycles. The number of para-hydroxylation sites is 1. The van der Waals surface area contributed by atoms with Crippen LogP contribution in [0, 0.1) is 6.92 Å². The summed E-state index contributed by atoms with van der Waals surface area (Å²) in [6, 6.07) is 7.93. The molecule has 1 aromatic carbocycles. The van der Waals surface area contributed by atoms with Gasteiger partial charge in [-0.15, -0.1) is 16.4 Å². The number of nitrogens with zero attached hydrogens (tertiary/aromatic N) is 4. The van der Waals surface area contributed by atoms with Crippen LogP contribution in [0.3, 0.4) is 0 Å². The van der Waals surface area contributed by atoms with Gasteiger partial charge in [-0.25, -0.2) is 14.8 Å². The Labute approximate surface area is 174 Å². The van der Waals surface area contributed by atoms with Gasteiger partial charge in [-0.1, -0.05) is 23.5 Å². The second-order valence-electron chi connectivity index (χ2n) is 6.25. The van der Waals surface area contributed by atoms with Crippen molar-refractivity contribution in [1.29, 1.82) is 0 Å². The summed E-state index contributed by atoms with van der Waals surface area (Å²) in [5.41, 5.74) is 3.49. The summed E-state index contributed by atoms with van der Waals surface area (Å²) in [4.78, 5) is 19.8. The maximum absolute atomic E-state index is 11.1. The van der Waals surface area contributed by atoms with Crippen LogP contribution in [0.25, 0.3) is 10.2 Å². The van der Waals surface area contributed by atoms with Gasteiger partial charge in [0.2, 0.25) is 0 Å². The van der Waals surface area contributed by atoms with Gasteiger partial charge in [-0.05, 0) is 19.1 Å². The normalized spacial score (nSPS) is 11.1. The number of nitrogens with one attached hydrogen (secondary N) is 1. The minimum Gasteiger partial charge on any atom is -0.476 e. The van der Waals surface area contributed by atoms with Crippen molar-refractivity contribution in [3.05, 3.63) is 57.2 Å². The highest BCUT2D eigenvalue weighted by Gasteiger charge is 2.17. The Kier molecular flexibility index (Phi) is 5.47. The highest BCUT2D eigenvalue weighted by molar-refractivity contribution is 7.22. The third-order valence-electron chi connectivity index (χ3n) is 4.32. The van der Waals surface area contributed by atoms with E-state index in [1.165, 1.54) is 16.7 Å². The monoisotopic (exact) mass is 427 g/mol. The van der Waals surface area contributed by atoms with Crippen LogP contribution in [0.15, 0.2) is 29.6 Å². The number of hydrogen-bond donors (Lipinski definition) is 2. The van der Waals surface area contributed by atoms with Crippen molar-refractivity contribution in [2.45, 2.75) is 20.0 Å². The van der Waals surface area contributed by atoms with E-state index in [9.17, 15) is 4.79 Å². The Balaban J connectivity index is 1.63. The fourth-order valence-electron chi connectivity index (χ4n) is 2.86. The molecule has 0 spiro atoms. The zero-order valence-corrected chi connectivity index (χ0v) is 17.3. The van der Waals surface area contributed by atoms with Crippen molar-refractivity contribution >= 4 is 49.8 Å². The fraction of sp³-hybridized carbons (Fsp3) is 0.211. The molecule has 2 N–H and O–H groups in total. The van der Waals surface area contributed by atoms with Gasteiger partial charge < -0.3 is 15.2 Å². The molecule has 0 saturated carbocycles. The van der Waals surface area contributed by atoms with Gasteiger partial charge in [0, 0.05) is 30.0 Å². The molecular weight excluding hydrogens is 410 g/mol. The standard InChI is InChI=1S/C19H17N5O3S2/c1-10-11(8-27-2)13(7-16-20-14(9-28-16)18(25)26)23-24-17(10)22-19-21-12-5-3-4-6-15(12)29-19/h3-6,9H,7-8H2,1-2H3,(H,25,26)(H,21,22,24). The van der Waals surface area contributed by atoms with Gasteiger partial charge in [-0.3, -0.25) is 0 Å². The number of aromatic nitrogens is 4. The highest BCUT2D eigenvalue weighted by atomic mass is 32.1. The third-order valence-corrected chi connectivity index (χ3v) is 6.13. The van der Waals surface area contributed by atoms with E-state index in [0.29, 0.717) is 29.5 Å². The first-order valence-electron chi connectivity index (χ1n) is 8.69. The number of ether oxygens (including phenoxy) is 1. The van der Waals surface area contributed by atoms with Crippen LogP contribution in [0.4, 0.5) is 10.9 Å². The molecule has 0 radical (unpaired) electrons. The van der Waals surface area contributed by atoms with Crippen LogP contribution in [-0.4, -0.2) is 38.4 Å². The molecule has 29 heavy (non-hydrogen) atoms. The molecule has 0 aliphatic carbocycles. The molecule has 0 aliphatic rings. The SMILES string of the molecule is COCc1c(Cc2nc(C(=O)O)cs2)nnc(Nc2nc3ccccc3s2)c1C. The molecule has 0 atom stereocenters. The van der Waals surface area contributed by atoms with Crippen molar-refractivity contribution in [1.82, 2.24) is 20.2 Å². The molecular formula is C19H17N5O3S2. The Bertz CT molecular complexity index is 1150. The Hall–Kier alpha value is -2.95. The second-order valence-corrected chi connectivity index (χ2v) is 8.23. The molecule has 0 bridgehead atoms. The van der Waals surface area contributed by atoms with Crippen LogP contribution < -0.4 is 5.32 Å². The van der Waals surface area contributed by atoms with Crippen molar-refractivity contribution in [3.63, 3.8) is 0 Å². The predicted molar refractivity (Wildman–Crippen MR) is 112 cm³/mol. The summed E-state index contributed by atoms with van der Waals surface area (Å²) in [7, 11) is 1.62. The van der Waals surface area contributed by atoms with E-state index >= 15 is 0 Å². The zero-order valence-electron chi connectivity index (χ0n) is 15.7. The number of rotatable bonds is 7. The van der Waals surface area contributed by atoms with E-state index in [0.717, 1.165) is 26.5 Å². The number of carbonyl (C=O) groups is 1. The summed E-state index contributed by atoms with van der Waals surface area (Å²) in [6.07, 6.45) is 0.395. The number of fused-ring (bicyclic) bond motifs is 1. The van der Waals surface area contributed by atoms with Crippen LogP contribution in [-0.2, 0) is 17.8 Å². The van der Waals surface area contributed by atoms with Crippen molar-refractivity contribution in [2.75, 3.05) is 12.4 Å². The number of benzene rings is 1. The maximum Gasteiger partial charge on any atom is 0.355 e. The summed E-state index contributed by atoms with van der Waals surface area (Å²) >= 11 is 2.84. The van der Waals surface area contributed by atoms with Gasteiger partial charge in [-0.2, -0.15) is 5.10 Å². The molecule has 0 unspecified atom stereocenters. The minimum absolute atomic E-state index is 0.0390. The molecule has 4 rings (SSSR count). The number of carboxylic acids is 1. The van der Waals surface area contributed by atoms with Crippen molar-refractivity contribution in [3.8, 4) is 0 Å². The van der Waals surface area contributed by atoms with E-state index < -0.39 is 5.97 Å². The van der Waals surface area contributed by atoms with Gasteiger partial charge in [0.25, 0.3) is 0 Å². The molecule has 0 aliphatic heterocycles. The minimum atomic E-state index is -1.04. The summed E-state index contributed by atoms with van der Waals surface area (Å²) in [6.45, 7) is 2.31. The number of hydrogen-bond acceptors (Lipinski definition) is 9. The predicted octanol–water partition coefficient (Wildman–Crippen LogP) is 4.03. The Morgan fingerprint density at radius 2 is 2.07 bits per heavy atom. The van der Waals surface area contributed by atoms with Crippen molar-refractivity contribution < 1.29 is 14.6 Å². The zero-order chi connectivity index (χ0) is 20.4. The van der Waals surface area contributed by atoms with Crippen molar-refractivity contribution in [2.24, 2.45) is 0 Å². The van der Waals surface area contributed by atoms with Gasteiger partial charge in [0.1, 0.15) is 0 Å². The number of carboxylic acid groups (broad SMARTS) is 1. The van der Waals surface area contributed by atoms with Gasteiger partial charge in [0.15, 0.2) is 16.6 Å². The smallest absolute Gasteiger partial charge is 0.355 e. The Morgan fingerprint density at radius 3 is 2.79 bits per heavy atom. The molecule has 8 nitrogen and oxygen atoms in total. The molecule has 10 heteroatoms. The van der Waals surface area contributed by atoms with E-state index in [4.69, 9.17) is 9.84 Å². The van der Waals surface area contributed by atoms with Crippen LogP contribution in [0.5, 0.6) is 0 Å². The number of thiazole rings is 2. The lowest BCUT2D eigenvalue weighted by Crippen LogP contribution is -2.09. The average molecular weight is 428 g/mol. The first-order valence-corrected chi connectivity index (χ1v) is 10.4. The highest BCUT2D eigenvalue weighted by Crippen LogP contribution is 2.30. The topological polar surface area (TPSA) is 110 Å². The number of anilines is 2. The quantitative estimate of drug-likeness (QED) is 0.455. The summed E-state index contributed by atoms with van der Waals surface area (Å²) in [5.74, 6) is -0.424. The maximum atomic E-state index is 11.1. The lowest BCUT2D eigenvalue weighted by Gasteiger charge is -2.13. The summed E-state index contributed by atoms with van der Waals surface area (Å²) < 4.78 is 6.45. The summed E-state index contributed by atoms with van der Waals surface area (Å²) in [5, 5.41) is 23.9. The molecule has 4 aromatic rings. The average Bonchev–Trinajstić information content (AvgIpc) is 3.33. The van der Waals surface area contributed by atoms with E-state index in [-0.39, 0.29) is 5.69 Å². The van der Waals surface area contributed by atoms with Crippen LogP contribution >= 0.6 is 22.7 Å². The largest absolute Gasteiger partial charge is 0.476 e.